The molecule has 0 aromatic carbocycles. The molecule has 2 aliphatic carbocycles. The predicted molar refractivity (Wildman–Crippen MR) is 253 cm³/mol. The summed E-state index contributed by atoms with van der Waals surface area (Å²) >= 11 is 0. The standard InChI is InChI=1S/C8H17NO2S.C7H15NO2S.C7H14O2S.C6H13NO2S.C6H12O3S.C6H12O2S/c1-7(2)12(10,11)8(3)5-9(4)6-8;1-6(2)11(9,10)7-4-8(3)5-7;2*1-6(2)10(8,9)7-4-3-5-7;1-5(2)10(7,8)6-3-9-4-6;1-5(2)9(7,8)6-3-4-6/h7H,5-6H2,1-4H3;6-7H,4-5H2,1-3H3;6-7H,3-5H2,1-2H3;6H,3-5H2,1-2H3;5-6H,3-4H2,1-2H3;5-6H,3-4H2,1-2H3. The highest BCUT2D eigenvalue weighted by Crippen LogP contribution is 2.32. The van der Waals surface area contributed by atoms with Gasteiger partial charge in [0.25, 0.3) is 0 Å². The maximum atomic E-state index is 11.8. The van der Waals surface area contributed by atoms with Gasteiger partial charge in [-0.3, -0.25) is 0 Å². The molecule has 2 saturated carbocycles. The van der Waals surface area contributed by atoms with Gasteiger partial charge < -0.3 is 14.5 Å². The second kappa shape index (κ2) is 23.5. The van der Waals surface area contributed by atoms with Crippen molar-refractivity contribution < 1.29 is 55.2 Å². The molecule has 0 aromatic heterocycles. The van der Waals surface area contributed by atoms with Crippen molar-refractivity contribution in [2.75, 3.05) is 66.6 Å². The number of nitrogens with zero attached hydrogens (tertiary/aromatic N) is 3. The van der Waals surface area contributed by atoms with E-state index < -0.39 is 64.0 Å². The third-order valence-electron chi connectivity index (χ3n) is 12.0. The van der Waals surface area contributed by atoms with Crippen LogP contribution in [0.5, 0.6) is 0 Å². The lowest BCUT2D eigenvalue weighted by Crippen LogP contribution is -2.63. The molecule has 372 valence electrons. The molecule has 0 amide bonds. The van der Waals surface area contributed by atoms with Crippen molar-refractivity contribution in [2.45, 2.75) is 186 Å². The topological polar surface area (TPSA) is 224 Å². The highest BCUT2D eigenvalue weighted by molar-refractivity contribution is 7.94. The largest absolute Gasteiger partial charge is 0.379 e. The minimum atomic E-state index is -2.91. The first kappa shape index (κ1) is 59.6. The van der Waals surface area contributed by atoms with Crippen LogP contribution in [0.15, 0.2) is 0 Å². The fourth-order valence-corrected chi connectivity index (χ4v) is 16.2. The second-order valence-corrected chi connectivity index (χ2v) is 36.0. The number of sulfone groups is 5. The minimum absolute atomic E-state index is 0.00694. The third-order valence-corrected chi connectivity index (χ3v) is 27.6. The Labute approximate surface area is 378 Å². The van der Waals surface area contributed by atoms with E-state index in [0.29, 0.717) is 39.4 Å². The molecule has 0 radical (unpaired) electrons. The molecule has 4 saturated heterocycles. The summed E-state index contributed by atoms with van der Waals surface area (Å²) in [6.45, 7) is 27.6. The Hall–Kier alpha value is -0.460. The van der Waals surface area contributed by atoms with Crippen LogP contribution in [0.1, 0.15) is 129 Å². The van der Waals surface area contributed by atoms with Crippen molar-refractivity contribution in [3.05, 3.63) is 0 Å². The number of ether oxygens (including phenoxy) is 1. The van der Waals surface area contributed by atoms with Crippen molar-refractivity contribution >= 4 is 59.2 Å². The first-order valence-corrected chi connectivity index (χ1v) is 31.5. The lowest BCUT2D eigenvalue weighted by Gasteiger charge is -2.46. The molecule has 6 fully saturated rings. The molecular formula is C40H83N3O13S6. The number of hydrogen-bond acceptors (Lipinski definition) is 15. The van der Waals surface area contributed by atoms with Gasteiger partial charge in [0.15, 0.2) is 49.2 Å². The lowest BCUT2D eigenvalue weighted by atomic mass is 10.00. The van der Waals surface area contributed by atoms with Crippen LogP contribution in [0.3, 0.4) is 0 Å². The van der Waals surface area contributed by atoms with Crippen molar-refractivity contribution in [1.82, 2.24) is 14.1 Å². The SMILES string of the molecule is CC(C)S(=O)(=O)C1(C)CN(C)C1.CC(C)S(=O)(=O)C1CC1.CC(C)S(=O)(=O)C1CCC1.CC(C)S(=O)(=O)C1CN(C)C1.CC(C)S(=O)(=O)C1COC1.CC(C)S(=O)(=O)N1CCC1. The zero-order chi connectivity index (χ0) is 48.6. The van der Waals surface area contributed by atoms with E-state index in [1.807, 2.05) is 30.8 Å². The maximum absolute atomic E-state index is 11.8. The van der Waals surface area contributed by atoms with Crippen LogP contribution in [-0.2, 0) is 63.9 Å². The van der Waals surface area contributed by atoms with Gasteiger partial charge in [0.1, 0.15) is 5.25 Å². The molecule has 22 heteroatoms. The molecule has 0 unspecified atom stereocenters. The first-order chi connectivity index (χ1) is 27.9. The van der Waals surface area contributed by atoms with E-state index in [2.05, 4.69) is 0 Å². The number of hydrogen-bond donors (Lipinski definition) is 0. The molecule has 6 rings (SSSR count). The summed E-state index contributed by atoms with van der Waals surface area (Å²) in [6.07, 6.45) is 5.67. The average Bonchev–Trinajstić information content (AvgIpc) is 3.87. The van der Waals surface area contributed by atoms with E-state index in [0.717, 1.165) is 51.6 Å². The highest BCUT2D eigenvalue weighted by atomic mass is 32.2. The van der Waals surface area contributed by atoms with Crippen LogP contribution in [0.25, 0.3) is 0 Å². The molecule has 0 N–H and O–H groups in total. The summed E-state index contributed by atoms with van der Waals surface area (Å²) in [5, 5.41) is -1.68. The Kier molecular flexibility index (Phi) is 22.6. The van der Waals surface area contributed by atoms with Gasteiger partial charge in [-0.1, -0.05) is 6.42 Å². The highest BCUT2D eigenvalue weighted by Gasteiger charge is 2.49. The van der Waals surface area contributed by atoms with E-state index >= 15 is 0 Å². The Balaban J connectivity index is 0.000000373. The van der Waals surface area contributed by atoms with Crippen molar-refractivity contribution in [1.29, 1.82) is 0 Å². The molecule has 4 heterocycles. The Morgan fingerprint density at radius 3 is 0.968 bits per heavy atom. The molecule has 0 atom stereocenters. The van der Waals surface area contributed by atoms with Gasteiger partial charge in [-0.15, -0.1) is 0 Å². The smallest absolute Gasteiger partial charge is 0.216 e. The van der Waals surface area contributed by atoms with Gasteiger partial charge in [0.2, 0.25) is 10.0 Å². The van der Waals surface area contributed by atoms with Gasteiger partial charge in [0.05, 0.1) is 65.2 Å². The Morgan fingerprint density at radius 2 is 0.806 bits per heavy atom. The van der Waals surface area contributed by atoms with E-state index in [-0.39, 0.29) is 52.5 Å². The fraction of sp³-hybridized carbons (Fsp3) is 1.00. The van der Waals surface area contributed by atoms with E-state index in [9.17, 15) is 50.5 Å². The maximum Gasteiger partial charge on any atom is 0.216 e. The minimum Gasteiger partial charge on any atom is -0.379 e. The second-order valence-electron chi connectivity index (χ2n) is 19.4. The summed E-state index contributed by atoms with van der Waals surface area (Å²) in [5.41, 5.74) is 0. The monoisotopic (exact) mass is 1010 g/mol. The average molecular weight is 1010 g/mol. The van der Waals surface area contributed by atoms with Crippen LogP contribution in [0.4, 0.5) is 0 Å². The molecular weight excluding hydrogens is 923 g/mol. The quantitative estimate of drug-likeness (QED) is 0.272. The van der Waals surface area contributed by atoms with Crippen LogP contribution in [0.2, 0.25) is 0 Å². The van der Waals surface area contributed by atoms with Crippen molar-refractivity contribution in [2.24, 2.45) is 0 Å². The summed E-state index contributed by atoms with van der Waals surface area (Å²) in [7, 11) is -13.1. The Morgan fingerprint density at radius 1 is 0.452 bits per heavy atom. The summed E-state index contributed by atoms with van der Waals surface area (Å²) < 4.78 is 142. The van der Waals surface area contributed by atoms with E-state index in [1.165, 1.54) is 4.31 Å². The molecule has 16 nitrogen and oxygen atoms in total. The lowest BCUT2D eigenvalue weighted by molar-refractivity contribution is 0.0413. The van der Waals surface area contributed by atoms with Gasteiger partial charge in [-0.25, -0.2) is 54.8 Å². The van der Waals surface area contributed by atoms with Crippen LogP contribution >= 0.6 is 0 Å². The Bertz CT molecular complexity index is 1940. The number of sulfonamides is 1. The van der Waals surface area contributed by atoms with Gasteiger partial charge in [-0.05, 0) is 136 Å². The number of likely N-dealkylation sites (tertiary alicyclic amines) is 2. The van der Waals surface area contributed by atoms with E-state index in [4.69, 9.17) is 4.74 Å². The summed E-state index contributed by atoms with van der Waals surface area (Å²) in [6, 6.07) is 0. The zero-order valence-electron chi connectivity index (χ0n) is 40.3. The first-order valence-electron chi connectivity index (χ1n) is 22.0. The zero-order valence-corrected chi connectivity index (χ0v) is 45.2. The van der Waals surface area contributed by atoms with Crippen LogP contribution in [0, 0.1) is 0 Å². The van der Waals surface area contributed by atoms with Crippen LogP contribution in [-0.4, -0.2) is 188 Å². The molecule has 0 spiro atoms. The summed E-state index contributed by atoms with van der Waals surface area (Å²) in [4.78, 5) is 4.05. The predicted octanol–water partition coefficient (Wildman–Crippen LogP) is 3.61. The molecule has 62 heavy (non-hydrogen) atoms. The van der Waals surface area contributed by atoms with Gasteiger partial charge in [-0.2, -0.15) is 0 Å². The molecule has 0 bridgehead atoms. The summed E-state index contributed by atoms with van der Waals surface area (Å²) in [5.74, 6) is 0. The van der Waals surface area contributed by atoms with Crippen molar-refractivity contribution in [3.63, 3.8) is 0 Å². The fourth-order valence-electron chi connectivity index (χ4n) is 6.57. The van der Waals surface area contributed by atoms with Gasteiger partial charge >= 0.3 is 0 Å². The molecule has 6 aliphatic rings. The van der Waals surface area contributed by atoms with Crippen LogP contribution < -0.4 is 0 Å². The number of rotatable bonds is 12. The molecule has 4 aliphatic heterocycles. The van der Waals surface area contributed by atoms with Gasteiger partial charge in [0, 0.05) is 39.3 Å². The molecule has 0 aromatic rings. The normalized spacial score (nSPS) is 21.8. The third kappa shape index (κ3) is 15.8. The van der Waals surface area contributed by atoms with Crippen molar-refractivity contribution in [3.8, 4) is 0 Å². The van der Waals surface area contributed by atoms with E-state index in [1.54, 1.807) is 83.1 Å².